The number of benzene rings is 1. The molecule has 0 amide bonds. The van der Waals surface area contributed by atoms with Crippen LogP contribution in [0.15, 0.2) is 18.2 Å². The average Bonchev–Trinajstić information content (AvgIpc) is 3.16. The topological polar surface area (TPSA) is 110 Å². The molecule has 0 saturated carbocycles. The Bertz CT molecular complexity index is 944. The third-order valence-corrected chi connectivity index (χ3v) is 21.0. The van der Waals surface area contributed by atoms with E-state index in [2.05, 4.69) is 64.9 Å². The minimum atomic E-state index is -4.59. The fourth-order valence-electron chi connectivity index (χ4n) is 6.54. The minimum Gasteiger partial charge on any atom is -0.465 e. The highest BCUT2D eigenvalue weighted by Gasteiger charge is 2.35. The van der Waals surface area contributed by atoms with Gasteiger partial charge in [-0.05, 0) is 69.6 Å². The molecule has 1 rings (SSSR count). The molecule has 0 aliphatic heterocycles. The van der Waals surface area contributed by atoms with E-state index in [1.54, 1.807) is 49.3 Å². The molecule has 0 aliphatic carbocycles. The Morgan fingerprint density at radius 2 is 0.692 bits per heavy atom. The molecule has 0 aliphatic rings. The van der Waals surface area contributed by atoms with Gasteiger partial charge in [-0.3, -0.25) is 4.57 Å². The molecule has 0 bridgehead atoms. The molecule has 1 aromatic carbocycles. The number of ether oxygens (including phenoxy) is 2. The predicted octanol–water partition coefficient (Wildman–Crippen LogP) is 12.5. The zero-order chi connectivity index (χ0) is 39.9. The number of hydrogen-bond acceptors (Lipinski definition) is 5. The standard InChI is InChI=1S/2C16H36P.C10H11O7P/c2*1-5-9-13-17(14-10-6-2,15-11-7-3)16-12-8-4;1-16-9(11)6-3-7(10(12)17-2)5-8(4-6)18(13,14)15/h2*5-16H2,1-4H3;3-5H,1-2H3,(H2,13,14,15)/q2*+1;. The van der Waals surface area contributed by atoms with Gasteiger partial charge in [0.1, 0.15) is 0 Å². The second-order valence-corrected chi connectivity index (χ2v) is 25.1. The molecule has 10 heteroatoms. The molecule has 0 spiro atoms. The summed E-state index contributed by atoms with van der Waals surface area (Å²) in [6.07, 6.45) is 35.9. The lowest BCUT2D eigenvalue weighted by Crippen LogP contribution is -2.14. The van der Waals surface area contributed by atoms with Gasteiger partial charge in [-0.1, -0.05) is 107 Å². The zero-order valence-electron chi connectivity index (χ0n) is 35.5. The Labute approximate surface area is 322 Å². The lowest BCUT2D eigenvalue weighted by atomic mass is 10.1. The normalized spacial score (nSPS) is 11.6. The van der Waals surface area contributed by atoms with Crippen LogP contribution in [0.1, 0.15) is 179 Å². The first-order chi connectivity index (χ1) is 24.8. The number of methoxy groups -OCH3 is 2. The fraction of sp³-hybridized carbons (Fsp3) is 0.810. The van der Waals surface area contributed by atoms with Crippen LogP contribution < -0.4 is 5.30 Å². The van der Waals surface area contributed by atoms with Crippen molar-refractivity contribution in [1.82, 2.24) is 0 Å². The summed E-state index contributed by atoms with van der Waals surface area (Å²) >= 11 is 0. The van der Waals surface area contributed by atoms with E-state index in [4.69, 9.17) is 9.79 Å². The number of unbranched alkanes of at least 4 members (excludes halogenated alkanes) is 8. The van der Waals surface area contributed by atoms with Gasteiger partial charge in [0.2, 0.25) is 0 Å². The van der Waals surface area contributed by atoms with Gasteiger partial charge >= 0.3 is 19.5 Å². The number of carbonyl (C=O) groups is 2. The highest BCUT2D eigenvalue weighted by Crippen LogP contribution is 2.62. The van der Waals surface area contributed by atoms with E-state index in [1.165, 1.54) is 103 Å². The summed E-state index contributed by atoms with van der Waals surface area (Å²) in [5.41, 5.74) is -0.280. The van der Waals surface area contributed by atoms with Gasteiger partial charge in [-0.25, -0.2) is 9.59 Å². The van der Waals surface area contributed by atoms with E-state index in [0.29, 0.717) is 0 Å². The van der Waals surface area contributed by atoms with Gasteiger partial charge in [0.05, 0.1) is 79.9 Å². The molecule has 0 fully saturated rings. The molecule has 0 atom stereocenters. The number of esters is 2. The van der Waals surface area contributed by atoms with E-state index in [-0.39, 0.29) is 11.1 Å². The first-order valence-corrected chi connectivity index (χ1v) is 27.5. The van der Waals surface area contributed by atoms with Crippen molar-refractivity contribution in [3.63, 3.8) is 0 Å². The van der Waals surface area contributed by atoms with Crippen LogP contribution in [0, 0.1) is 0 Å². The largest absolute Gasteiger partial charge is 0.465 e. The third kappa shape index (κ3) is 23.8. The lowest BCUT2D eigenvalue weighted by Gasteiger charge is -2.28. The summed E-state index contributed by atoms with van der Waals surface area (Å²) in [6, 6.07) is 3.08. The van der Waals surface area contributed by atoms with Gasteiger partial charge < -0.3 is 19.3 Å². The molecule has 0 saturated heterocycles. The van der Waals surface area contributed by atoms with Crippen LogP contribution >= 0.6 is 22.1 Å². The Morgan fingerprint density at radius 3 is 0.846 bits per heavy atom. The molecule has 0 unspecified atom stereocenters. The van der Waals surface area contributed by atoms with Crippen molar-refractivity contribution in [1.29, 1.82) is 0 Å². The van der Waals surface area contributed by atoms with Crippen molar-refractivity contribution in [2.45, 2.75) is 158 Å². The maximum Gasteiger partial charge on any atom is 0.356 e. The third-order valence-electron chi connectivity index (χ3n) is 9.98. The number of rotatable bonds is 27. The van der Waals surface area contributed by atoms with E-state index in [1.807, 2.05) is 0 Å². The molecule has 1 aromatic rings. The van der Waals surface area contributed by atoms with Crippen molar-refractivity contribution >= 4 is 39.4 Å². The predicted molar refractivity (Wildman–Crippen MR) is 233 cm³/mol. The van der Waals surface area contributed by atoms with E-state index >= 15 is 0 Å². The Morgan fingerprint density at radius 1 is 0.481 bits per heavy atom. The first-order valence-electron chi connectivity index (χ1n) is 20.9. The molecule has 7 nitrogen and oxygen atoms in total. The monoisotopic (exact) mass is 793 g/mol. The molecule has 0 radical (unpaired) electrons. The molecule has 52 heavy (non-hydrogen) atoms. The van der Waals surface area contributed by atoms with Crippen LogP contribution in [0.4, 0.5) is 0 Å². The molecular formula is C42H83O7P3+2. The van der Waals surface area contributed by atoms with Gasteiger partial charge in [0.25, 0.3) is 0 Å². The second-order valence-electron chi connectivity index (χ2n) is 14.6. The SMILES string of the molecule is CCCC[P+](CCCC)(CCCC)CCCC.CCCC[P+](CCCC)(CCCC)CCCC.COC(=O)c1cc(C(=O)OC)cc(P(=O)(O)O)c1. The quantitative estimate of drug-likeness (QED) is 0.0674. The Hall–Kier alpha value is -0.830. The molecule has 306 valence electrons. The second kappa shape index (κ2) is 32.4. The van der Waals surface area contributed by atoms with Crippen molar-refractivity contribution in [3.8, 4) is 0 Å². The zero-order valence-corrected chi connectivity index (χ0v) is 38.2. The molecule has 2 N–H and O–H groups in total. The van der Waals surface area contributed by atoms with Crippen molar-refractivity contribution in [2.75, 3.05) is 63.5 Å². The van der Waals surface area contributed by atoms with Crippen LogP contribution in [0.3, 0.4) is 0 Å². The molecular weight excluding hydrogens is 709 g/mol. The fourth-order valence-corrected chi connectivity index (χ4v) is 17.7. The average molecular weight is 793 g/mol. The Kier molecular flexibility index (Phi) is 33.2. The molecule has 0 aromatic heterocycles. The summed E-state index contributed by atoms with van der Waals surface area (Å²) in [4.78, 5) is 40.8. The summed E-state index contributed by atoms with van der Waals surface area (Å²) < 4.78 is 20.0. The number of hydrogen-bond donors (Lipinski definition) is 2. The summed E-state index contributed by atoms with van der Waals surface area (Å²) in [5, 5.41) is -0.453. The summed E-state index contributed by atoms with van der Waals surface area (Å²) in [6.45, 7) is 18.8. The smallest absolute Gasteiger partial charge is 0.356 e. The van der Waals surface area contributed by atoms with Gasteiger partial charge in [0.15, 0.2) is 0 Å². The maximum atomic E-state index is 11.3. The molecule has 0 heterocycles. The van der Waals surface area contributed by atoms with Gasteiger partial charge in [0, 0.05) is 14.5 Å². The first kappa shape index (κ1) is 53.3. The Balaban J connectivity index is 0. The number of carbonyl (C=O) groups excluding carboxylic acids is 2. The highest BCUT2D eigenvalue weighted by atomic mass is 31.2. The van der Waals surface area contributed by atoms with Crippen LogP contribution in [0.25, 0.3) is 0 Å². The summed E-state index contributed by atoms with van der Waals surface area (Å²) in [5.74, 6) is -1.62. The van der Waals surface area contributed by atoms with Crippen molar-refractivity contribution in [2.24, 2.45) is 0 Å². The minimum absolute atomic E-state index is 0.140. The van der Waals surface area contributed by atoms with Crippen LogP contribution in [0.5, 0.6) is 0 Å². The van der Waals surface area contributed by atoms with Crippen LogP contribution in [-0.4, -0.2) is 85.2 Å². The van der Waals surface area contributed by atoms with Crippen LogP contribution in [0.2, 0.25) is 0 Å². The van der Waals surface area contributed by atoms with E-state index in [9.17, 15) is 14.2 Å². The van der Waals surface area contributed by atoms with Crippen LogP contribution in [-0.2, 0) is 14.0 Å². The van der Waals surface area contributed by atoms with Gasteiger partial charge in [-0.15, -0.1) is 0 Å². The summed E-state index contributed by atoms with van der Waals surface area (Å²) in [7, 11) is -3.48. The lowest BCUT2D eigenvalue weighted by molar-refractivity contribution is 0.0599. The van der Waals surface area contributed by atoms with Gasteiger partial charge in [-0.2, -0.15) is 0 Å². The van der Waals surface area contributed by atoms with Crippen molar-refractivity contribution < 1.29 is 33.4 Å². The van der Waals surface area contributed by atoms with E-state index < -0.39 is 39.4 Å². The maximum absolute atomic E-state index is 11.3. The van der Waals surface area contributed by atoms with E-state index in [0.717, 1.165) is 32.4 Å². The van der Waals surface area contributed by atoms with Crippen molar-refractivity contribution in [3.05, 3.63) is 29.3 Å². The highest BCUT2D eigenvalue weighted by molar-refractivity contribution is 7.76.